The highest BCUT2D eigenvalue weighted by Gasteiger charge is 2.37. The topological polar surface area (TPSA) is 119 Å². The summed E-state index contributed by atoms with van der Waals surface area (Å²) in [6, 6.07) is 23.4. The first-order valence-corrected chi connectivity index (χ1v) is 14.9. The number of barbiturate groups is 1. The van der Waals surface area contributed by atoms with Gasteiger partial charge in [0, 0.05) is 0 Å². The molecule has 4 amide bonds. The number of nitrogens with one attached hydrogen (secondary N) is 1. The third-order valence-electron chi connectivity index (χ3n) is 6.28. The molecule has 0 radical (unpaired) electrons. The number of anilines is 1. The van der Waals surface area contributed by atoms with Gasteiger partial charge in [0.15, 0.2) is 5.75 Å². The standard InChI is InChI=1S/C31H22Cl2N2O7S/c1-19-7-13-24(14-8-19)43(39,40)42-28-26(32)16-21(17-27(28)33)15-25-29(36)34-31(38)35(30(25)37)22-9-11-23(12-10-22)41-18-20-5-3-2-4-6-20/h2-17H,18H2,1H3,(H,34,36,38)/b25-15+. The van der Waals surface area contributed by atoms with Crippen molar-refractivity contribution in [3.05, 3.63) is 123 Å². The van der Waals surface area contributed by atoms with Crippen LogP contribution in [0.1, 0.15) is 16.7 Å². The Bertz CT molecular complexity index is 1840. The molecule has 1 saturated heterocycles. The van der Waals surface area contributed by atoms with Crippen molar-refractivity contribution in [2.24, 2.45) is 0 Å². The molecule has 12 heteroatoms. The smallest absolute Gasteiger partial charge is 0.339 e. The van der Waals surface area contributed by atoms with Gasteiger partial charge in [-0.3, -0.25) is 14.9 Å². The van der Waals surface area contributed by atoms with Gasteiger partial charge in [0.2, 0.25) is 0 Å². The number of ether oxygens (including phenoxy) is 1. The minimum absolute atomic E-state index is 0.0959. The van der Waals surface area contributed by atoms with E-state index in [4.69, 9.17) is 32.1 Å². The summed E-state index contributed by atoms with van der Waals surface area (Å²) in [4.78, 5) is 39.3. The Hall–Kier alpha value is -4.64. The van der Waals surface area contributed by atoms with Crippen LogP contribution in [0, 0.1) is 6.92 Å². The number of rotatable bonds is 8. The molecule has 0 atom stereocenters. The van der Waals surface area contributed by atoms with Gasteiger partial charge in [-0.1, -0.05) is 71.2 Å². The SMILES string of the molecule is Cc1ccc(S(=O)(=O)Oc2c(Cl)cc(/C=C3\C(=O)NC(=O)N(c4ccc(OCc5ccccc5)cc4)C3=O)cc2Cl)cc1. The molecule has 5 rings (SSSR count). The second kappa shape index (κ2) is 12.3. The van der Waals surface area contributed by atoms with Gasteiger partial charge >= 0.3 is 16.1 Å². The fourth-order valence-corrected chi connectivity index (χ4v) is 5.73. The maximum absolute atomic E-state index is 13.3. The summed E-state index contributed by atoms with van der Waals surface area (Å²) >= 11 is 12.6. The van der Waals surface area contributed by atoms with Gasteiger partial charge < -0.3 is 8.92 Å². The molecule has 1 aliphatic heterocycles. The number of nitrogens with zero attached hydrogens (tertiary/aromatic N) is 1. The molecule has 0 aromatic heterocycles. The van der Waals surface area contributed by atoms with E-state index in [1.807, 2.05) is 37.3 Å². The van der Waals surface area contributed by atoms with Crippen molar-refractivity contribution in [3.63, 3.8) is 0 Å². The number of halogens is 2. The summed E-state index contributed by atoms with van der Waals surface area (Å²) in [5.41, 5.74) is 1.84. The lowest BCUT2D eigenvalue weighted by Gasteiger charge is -2.26. The van der Waals surface area contributed by atoms with Gasteiger partial charge in [-0.05, 0) is 72.7 Å². The Balaban J connectivity index is 1.36. The molecule has 0 saturated carbocycles. The van der Waals surface area contributed by atoms with E-state index in [2.05, 4.69) is 5.32 Å². The predicted molar refractivity (Wildman–Crippen MR) is 162 cm³/mol. The fraction of sp³-hybridized carbons (Fsp3) is 0.0645. The number of amides is 4. The molecule has 1 N–H and O–H groups in total. The summed E-state index contributed by atoms with van der Waals surface area (Å²) in [6.45, 7) is 2.14. The van der Waals surface area contributed by atoms with Crippen LogP contribution in [0.3, 0.4) is 0 Å². The van der Waals surface area contributed by atoms with Crippen LogP contribution >= 0.6 is 23.2 Å². The molecule has 1 heterocycles. The van der Waals surface area contributed by atoms with E-state index in [1.54, 1.807) is 24.3 Å². The van der Waals surface area contributed by atoms with Crippen molar-refractivity contribution in [2.75, 3.05) is 4.90 Å². The van der Waals surface area contributed by atoms with Gasteiger partial charge in [0.05, 0.1) is 15.7 Å². The van der Waals surface area contributed by atoms with Crippen molar-refractivity contribution in [1.29, 1.82) is 0 Å². The van der Waals surface area contributed by atoms with Crippen molar-refractivity contribution in [2.45, 2.75) is 18.4 Å². The monoisotopic (exact) mass is 636 g/mol. The molecule has 4 aromatic carbocycles. The second-order valence-corrected chi connectivity index (χ2v) is 11.8. The van der Waals surface area contributed by atoms with Crippen LogP contribution in [-0.2, 0) is 26.3 Å². The Morgan fingerprint density at radius 1 is 0.860 bits per heavy atom. The molecule has 1 aliphatic rings. The summed E-state index contributed by atoms with van der Waals surface area (Å²) < 4.78 is 36.4. The summed E-state index contributed by atoms with van der Waals surface area (Å²) in [6.07, 6.45) is 1.18. The number of hydrogen-bond donors (Lipinski definition) is 1. The van der Waals surface area contributed by atoms with E-state index < -0.39 is 28.0 Å². The lowest BCUT2D eigenvalue weighted by Crippen LogP contribution is -2.54. The number of hydrogen-bond acceptors (Lipinski definition) is 7. The van der Waals surface area contributed by atoms with E-state index in [0.29, 0.717) is 12.4 Å². The molecule has 4 aromatic rings. The van der Waals surface area contributed by atoms with Gasteiger partial charge in [-0.25, -0.2) is 9.69 Å². The molecular weight excluding hydrogens is 615 g/mol. The van der Waals surface area contributed by atoms with E-state index in [0.717, 1.165) is 16.0 Å². The zero-order valence-corrected chi connectivity index (χ0v) is 24.7. The van der Waals surface area contributed by atoms with Crippen molar-refractivity contribution < 1.29 is 31.7 Å². The summed E-state index contributed by atoms with van der Waals surface area (Å²) in [5.74, 6) is -1.62. The molecule has 43 heavy (non-hydrogen) atoms. The molecular formula is C31H22Cl2N2O7S. The number of aryl methyl sites for hydroxylation is 1. The van der Waals surface area contributed by atoms with Gasteiger partial charge in [-0.2, -0.15) is 8.42 Å². The second-order valence-electron chi connectivity index (χ2n) is 9.39. The number of carbonyl (C=O) groups excluding carboxylic acids is 3. The Labute approximate surface area is 257 Å². The quantitative estimate of drug-likeness (QED) is 0.137. The van der Waals surface area contributed by atoms with Gasteiger partial charge in [0.25, 0.3) is 11.8 Å². The molecule has 1 fully saturated rings. The molecule has 218 valence electrons. The third kappa shape index (κ3) is 6.72. The lowest BCUT2D eigenvalue weighted by atomic mass is 10.1. The number of benzene rings is 4. The average Bonchev–Trinajstić information content (AvgIpc) is 2.97. The molecule has 0 aliphatic carbocycles. The van der Waals surface area contributed by atoms with E-state index in [1.165, 1.54) is 42.5 Å². The van der Waals surface area contributed by atoms with E-state index in [9.17, 15) is 22.8 Å². The zero-order chi connectivity index (χ0) is 30.7. The number of imide groups is 2. The number of urea groups is 1. The zero-order valence-electron chi connectivity index (χ0n) is 22.4. The van der Waals surface area contributed by atoms with E-state index in [-0.39, 0.29) is 37.5 Å². The predicted octanol–water partition coefficient (Wildman–Crippen LogP) is 6.31. The maximum atomic E-state index is 13.3. The Morgan fingerprint density at radius 2 is 1.49 bits per heavy atom. The molecule has 0 spiro atoms. The van der Waals surface area contributed by atoms with Crippen LogP contribution in [-0.4, -0.2) is 26.3 Å². The van der Waals surface area contributed by atoms with Crippen LogP contribution in [0.2, 0.25) is 10.0 Å². The summed E-state index contributed by atoms with van der Waals surface area (Å²) in [5, 5.41) is 1.78. The Kier molecular flexibility index (Phi) is 8.54. The van der Waals surface area contributed by atoms with Crippen LogP contribution in [0.25, 0.3) is 6.08 Å². The number of carbonyl (C=O) groups is 3. The maximum Gasteiger partial charge on any atom is 0.339 e. The van der Waals surface area contributed by atoms with Crippen LogP contribution in [0.15, 0.2) is 101 Å². The van der Waals surface area contributed by atoms with Crippen LogP contribution < -0.4 is 19.1 Å². The fourth-order valence-electron chi connectivity index (χ4n) is 4.10. The first-order chi connectivity index (χ1) is 20.5. The minimum atomic E-state index is -4.25. The largest absolute Gasteiger partial charge is 0.489 e. The van der Waals surface area contributed by atoms with Gasteiger partial charge in [0.1, 0.15) is 22.8 Å². The normalized spacial score (nSPS) is 14.5. The van der Waals surface area contributed by atoms with Crippen molar-refractivity contribution >= 4 is 62.9 Å². The highest BCUT2D eigenvalue weighted by atomic mass is 35.5. The third-order valence-corrected chi connectivity index (χ3v) is 8.08. The highest BCUT2D eigenvalue weighted by Crippen LogP contribution is 2.37. The van der Waals surface area contributed by atoms with Crippen molar-refractivity contribution in [3.8, 4) is 11.5 Å². The molecule has 0 unspecified atom stereocenters. The van der Waals surface area contributed by atoms with Crippen molar-refractivity contribution in [1.82, 2.24) is 5.32 Å². The Morgan fingerprint density at radius 3 is 2.12 bits per heavy atom. The minimum Gasteiger partial charge on any atom is -0.489 e. The lowest BCUT2D eigenvalue weighted by molar-refractivity contribution is -0.122. The highest BCUT2D eigenvalue weighted by molar-refractivity contribution is 7.87. The molecule has 0 bridgehead atoms. The molecule has 9 nitrogen and oxygen atoms in total. The first kappa shape index (κ1) is 29.8. The van der Waals surface area contributed by atoms with Crippen LogP contribution in [0.5, 0.6) is 11.5 Å². The summed E-state index contributed by atoms with van der Waals surface area (Å²) in [7, 11) is -4.25. The first-order valence-electron chi connectivity index (χ1n) is 12.7. The van der Waals surface area contributed by atoms with E-state index >= 15 is 0 Å². The van der Waals surface area contributed by atoms with Gasteiger partial charge in [-0.15, -0.1) is 0 Å². The average molecular weight is 637 g/mol. The van der Waals surface area contributed by atoms with Crippen LogP contribution in [0.4, 0.5) is 10.5 Å².